The summed E-state index contributed by atoms with van der Waals surface area (Å²) in [4.78, 5) is 1.27. The van der Waals surface area contributed by atoms with Crippen molar-refractivity contribution in [3.8, 4) is 0 Å². The Labute approximate surface area is 129 Å². The molecule has 0 amide bonds. The largest absolute Gasteiger partial charge is 0.384 e. The number of thioether (sulfide) groups is 1. The molecule has 1 aromatic carbocycles. The van der Waals surface area contributed by atoms with E-state index in [1.165, 1.54) is 10.5 Å². The zero-order chi connectivity index (χ0) is 15.2. The number of nitrogens with two attached hydrogens (primary N) is 1. The topological polar surface area (TPSA) is 52.3 Å². The molecule has 1 rings (SSSR count). The number of ether oxygens (including phenoxy) is 1. The van der Waals surface area contributed by atoms with Crippen LogP contribution in [0.15, 0.2) is 29.2 Å². The summed E-state index contributed by atoms with van der Waals surface area (Å²) < 4.78 is 16.5. The molecule has 0 aliphatic rings. The van der Waals surface area contributed by atoms with E-state index in [-0.39, 0.29) is 5.92 Å². The van der Waals surface area contributed by atoms with E-state index < -0.39 is 15.7 Å². The maximum atomic E-state index is 11.6. The Morgan fingerprint density at radius 3 is 2.40 bits per heavy atom. The van der Waals surface area contributed by atoms with Gasteiger partial charge in [-0.1, -0.05) is 19.1 Å². The zero-order valence-electron chi connectivity index (χ0n) is 12.7. The summed E-state index contributed by atoms with van der Waals surface area (Å²) in [6.45, 7) is 6.63. The van der Waals surface area contributed by atoms with Crippen molar-refractivity contribution in [3.05, 3.63) is 29.8 Å². The Bertz CT molecular complexity index is 432. The normalized spacial score (nSPS) is 15.1. The van der Waals surface area contributed by atoms with Crippen LogP contribution in [0.2, 0.25) is 0 Å². The third kappa shape index (κ3) is 5.20. The summed E-state index contributed by atoms with van der Waals surface area (Å²) in [6.07, 6.45) is 0.740. The molecule has 5 heteroatoms. The van der Waals surface area contributed by atoms with Crippen molar-refractivity contribution in [3.63, 3.8) is 0 Å². The van der Waals surface area contributed by atoms with Gasteiger partial charge in [-0.05, 0) is 43.7 Å². The molecule has 0 heterocycles. The Morgan fingerprint density at radius 2 is 1.95 bits per heavy atom. The van der Waals surface area contributed by atoms with E-state index in [1.54, 1.807) is 7.11 Å². The first kappa shape index (κ1) is 17.7. The third-order valence-corrected chi connectivity index (χ3v) is 5.46. The molecule has 0 aromatic heterocycles. The van der Waals surface area contributed by atoms with Crippen LogP contribution in [0.25, 0.3) is 0 Å². The van der Waals surface area contributed by atoms with Crippen molar-refractivity contribution in [2.75, 3.05) is 19.5 Å². The average Bonchev–Trinajstić information content (AvgIpc) is 2.39. The van der Waals surface area contributed by atoms with Crippen molar-refractivity contribution < 1.29 is 8.95 Å². The molecule has 0 saturated heterocycles. The summed E-state index contributed by atoms with van der Waals surface area (Å²) in [6, 6.07) is 8.55. The maximum Gasteiger partial charge on any atom is 0.0945 e. The highest BCUT2D eigenvalue weighted by atomic mass is 32.2. The molecule has 2 N–H and O–H groups in total. The fourth-order valence-electron chi connectivity index (χ4n) is 2.15. The van der Waals surface area contributed by atoms with E-state index in [4.69, 9.17) is 9.88 Å². The van der Waals surface area contributed by atoms with Crippen molar-refractivity contribution >= 4 is 22.7 Å². The monoisotopic (exact) mass is 315 g/mol. The van der Waals surface area contributed by atoms with Crippen LogP contribution in [-0.4, -0.2) is 28.4 Å². The lowest BCUT2D eigenvalue weighted by Gasteiger charge is -2.27. The van der Waals surface area contributed by atoms with Gasteiger partial charge in [0.1, 0.15) is 0 Å². The fraction of sp³-hybridized carbons (Fsp3) is 0.600. The third-order valence-electron chi connectivity index (χ3n) is 3.31. The predicted octanol–water partition coefficient (Wildman–Crippen LogP) is 3.32. The van der Waals surface area contributed by atoms with Crippen LogP contribution in [0.3, 0.4) is 0 Å². The second-order valence-electron chi connectivity index (χ2n) is 5.42. The Kier molecular flexibility index (Phi) is 7.23. The second kappa shape index (κ2) is 8.17. The van der Waals surface area contributed by atoms with Gasteiger partial charge in [-0.3, -0.25) is 5.14 Å². The quantitative estimate of drug-likeness (QED) is 0.749. The Hall–Kier alpha value is -0.360. The Balaban J connectivity index is 2.87. The molecule has 0 saturated carbocycles. The average molecular weight is 316 g/mol. The predicted molar refractivity (Wildman–Crippen MR) is 88.5 cm³/mol. The molecule has 0 aliphatic carbocycles. The lowest BCUT2D eigenvalue weighted by molar-refractivity contribution is 0.172. The first-order valence-electron chi connectivity index (χ1n) is 6.78. The highest BCUT2D eigenvalue weighted by Gasteiger charge is 2.28. The minimum absolute atomic E-state index is 0.211. The molecule has 0 radical (unpaired) electrons. The van der Waals surface area contributed by atoms with Crippen molar-refractivity contribution in [1.29, 1.82) is 0 Å². The molecule has 0 bridgehead atoms. The summed E-state index contributed by atoms with van der Waals surface area (Å²) in [7, 11) is 0.354. The SMILES string of the molecule is CCSc1ccc([C@H](COC)CC(C)(C)S(N)=O)cc1. The van der Waals surface area contributed by atoms with Gasteiger partial charge < -0.3 is 4.74 Å². The molecular formula is C15H25NO2S2. The van der Waals surface area contributed by atoms with Gasteiger partial charge in [-0.2, -0.15) is 0 Å². The molecule has 2 atom stereocenters. The van der Waals surface area contributed by atoms with E-state index >= 15 is 0 Å². The fourth-order valence-corrected chi connectivity index (χ4v) is 3.18. The molecular weight excluding hydrogens is 290 g/mol. The van der Waals surface area contributed by atoms with Crippen LogP contribution >= 0.6 is 11.8 Å². The zero-order valence-corrected chi connectivity index (χ0v) is 14.4. The minimum atomic E-state index is -1.34. The first-order valence-corrected chi connectivity index (χ1v) is 8.98. The molecule has 3 nitrogen and oxygen atoms in total. The highest BCUT2D eigenvalue weighted by Crippen LogP contribution is 2.30. The van der Waals surface area contributed by atoms with Crippen molar-refractivity contribution in [2.24, 2.45) is 5.14 Å². The summed E-state index contributed by atoms with van der Waals surface area (Å²) in [5.74, 6) is 1.28. The molecule has 0 spiro atoms. The molecule has 114 valence electrons. The molecule has 20 heavy (non-hydrogen) atoms. The van der Waals surface area contributed by atoms with Gasteiger partial charge in [0.25, 0.3) is 0 Å². The first-order chi connectivity index (χ1) is 9.40. The second-order valence-corrected chi connectivity index (χ2v) is 8.45. The minimum Gasteiger partial charge on any atom is -0.384 e. The van der Waals surface area contributed by atoms with Gasteiger partial charge in [-0.15, -0.1) is 11.8 Å². The van der Waals surface area contributed by atoms with Gasteiger partial charge in [0.05, 0.1) is 22.3 Å². The van der Waals surface area contributed by atoms with E-state index in [1.807, 2.05) is 25.6 Å². The van der Waals surface area contributed by atoms with Crippen molar-refractivity contribution in [1.82, 2.24) is 0 Å². The van der Waals surface area contributed by atoms with E-state index in [9.17, 15) is 4.21 Å². The molecule has 0 fully saturated rings. The molecule has 1 aromatic rings. The van der Waals surface area contributed by atoms with Gasteiger partial charge >= 0.3 is 0 Å². The lowest BCUT2D eigenvalue weighted by atomic mass is 9.90. The van der Waals surface area contributed by atoms with Crippen LogP contribution in [0.5, 0.6) is 0 Å². The highest BCUT2D eigenvalue weighted by molar-refractivity contribution is 7.99. The summed E-state index contributed by atoms with van der Waals surface area (Å²) in [5.41, 5.74) is 1.21. The van der Waals surface area contributed by atoms with E-state index in [0.717, 1.165) is 12.2 Å². The van der Waals surface area contributed by atoms with Gasteiger partial charge in [-0.25, -0.2) is 4.21 Å². The van der Waals surface area contributed by atoms with Crippen LogP contribution < -0.4 is 5.14 Å². The number of methoxy groups -OCH3 is 1. The lowest BCUT2D eigenvalue weighted by Crippen LogP contribution is -2.34. The number of hydrogen-bond acceptors (Lipinski definition) is 3. The van der Waals surface area contributed by atoms with E-state index in [0.29, 0.717) is 6.61 Å². The molecule has 1 unspecified atom stereocenters. The molecule has 0 aliphatic heterocycles. The smallest absolute Gasteiger partial charge is 0.0945 e. The van der Waals surface area contributed by atoms with Crippen LogP contribution in [0, 0.1) is 0 Å². The summed E-state index contributed by atoms with van der Waals surface area (Å²) >= 11 is 1.83. The number of rotatable bonds is 8. The maximum absolute atomic E-state index is 11.6. The van der Waals surface area contributed by atoms with Gasteiger partial charge in [0.2, 0.25) is 0 Å². The van der Waals surface area contributed by atoms with Gasteiger partial charge in [0, 0.05) is 17.9 Å². The summed E-state index contributed by atoms with van der Waals surface area (Å²) in [5, 5.41) is 5.58. The number of benzene rings is 1. The van der Waals surface area contributed by atoms with Crippen LogP contribution in [-0.2, 0) is 15.7 Å². The van der Waals surface area contributed by atoms with Crippen LogP contribution in [0.4, 0.5) is 0 Å². The van der Waals surface area contributed by atoms with Crippen molar-refractivity contribution in [2.45, 2.75) is 42.8 Å². The standard InChI is InChI=1S/C15H25NO2S2/c1-5-19-14-8-6-12(7-9-14)13(11-18-4)10-15(2,3)20(16)17/h6-9,13H,5,10-11,16H2,1-4H3/t13-,20?/m0/s1. The van der Waals surface area contributed by atoms with Gasteiger partial charge in [0.15, 0.2) is 0 Å². The van der Waals surface area contributed by atoms with Crippen LogP contribution in [0.1, 0.15) is 38.7 Å². The number of hydrogen-bond donors (Lipinski definition) is 1. The van der Waals surface area contributed by atoms with E-state index in [2.05, 4.69) is 31.2 Å². The Morgan fingerprint density at radius 1 is 1.35 bits per heavy atom.